The Balaban J connectivity index is 1.19. The number of nitrogens with one attached hydrogen (secondary N) is 2. The van der Waals surface area contributed by atoms with Crippen LogP contribution in [0.25, 0.3) is 0 Å². The van der Waals surface area contributed by atoms with Gasteiger partial charge in [-0.25, -0.2) is 15.9 Å². The van der Waals surface area contributed by atoms with Crippen LogP contribution in [-0.4, -0.2) is 97.2 Å². The molecule has 2 aromatic rings. The minimum absolute atomic E-state index is 0.0108. The zero-order valence-corrected chi connectivity index (χ0v) is 30.3. The number of nitrogens with zero attached hydrogens (tertiary/aromatic N) is 5. The number of carbonyl (C=O) groups is 1. The molecule has 0 unspecified atom stereocenters. The first-order chi connectivity index (χ1) is 24.2. The second-order valence-electron chi connectivity index (χ2n) is 13.8. The van der Waals surface area contributed by atoms with Crippen LogP contribution in [0.4, 0.5) is 17.1 Å². The number of amides is 1. The molecule has 0 aromatic heterocycles. The lowest BCUT2D eigenvalue weighted by Crippen LogP contribution is -2.57. The Labute approximate surface area is 301 Å². The molecule has 0 bridgehead atoms. The summed E-state index contributed by atoms with van der Waals surface area (Å²) in [7, 11) is 1.61. The number of hydroxylamine groups is 2. The van der Waals surface area contributed by atoms with Crippen molar-refractivity contribution >= 4 is 40.4 Å². The number of amidine groups is 1. The Morgan fingerprint density at radius 1 is 1.14 bits per heavy atom. The molecule has 4 aliphatic rings. The summed E-state index contributed by atoms with van der Waals surface area (Å²) in [6.07, 6.45) is 9.24. The molecule has 1 amide bonds. The highest BCUT2D eigenvalue weighted by atomic mass is 35.5. The van der Waals surface area contributed by atoms with Crippen LogP contribution in [0.3, 0.4) is 0 Å². The van der Waals surface area contributed by atoms with Gasteiger partial charge >= 0.3 is 0 Å². The van der Waals surface area contributed by atoms with Gasteiger partial charge in [0.1, 0.15) is 23.1 Å². The smallest absolute Gasteiger partial charge is 0.247 e. The van der Waals surface area contributed by atoms with Crippen LogP contribution in [0.15, 0.2) is 59.9 Å². The number of nitrogens with two attached hydrogens (primary N) is 2. The highest BCUT2D eigenvalue weighted by Crippen LogP contribution is 2.40. The summed E-state index contributed by atoms with van der Waals surface area (Å²) in [6, 6.07) is 11.6. The Morgan fingerprint density at radius 3 is 2.60 bits per heavy atom. The van der Waals surface area contributed by atoms with E-state index in [1.54, 1.807) is 24.3 Å². The fraction of sp³-hybridized carbons (Fsp3) is 0.514. The number of methoxy groups -OCH3 is 1. The number of halogens is 1. The molecule has 1 saturated carbocycles. The predicted molar refractivity (Wildman–Crippen MR) is 201 cm³/mol. The standard InChI is InChI=1S/C37H52ClN9O3/c1-5-37(48)42-31-20-32(41-35(39)22-36(43-40)47-29(13-18-50-47)19-26-7-6-8-30(38)25(26)3)34(49-4)21-33(31)44-14-11-27(12-15-44)45-16-17-46(24(2)23-45)28-9-10-28/h5-8,20-22,24,27-29,43H,1,9-19,23,40H2,2-4H3,(H2,39,41)(H,42,48)/b36-22+/t24-,29+/m0/s1. The third-order valence-electron chi connectivity index (χ3n) is 10.6. The van der Waals surface area contributed by atoms with Gasteiger partial charge in [-0.2, -0.15) is 0 Å². The number of piperidine rings is 1. The lowest BCUT2D eigenvalue weighted by Gasteiger charge is -2.46. The molecule has 0 spiro atoms. The Morgan fingerprint density at radius 2 is 1.92 bits per heavy atom. The van der Waals surface area contributed by atoms with E-state index >= 15 is 0 Å². The molecular formula is C37H52ClN9O3. The Kier molecular flexibility index (Phi) is 11.5. The second kappa shape index (κ2) is 16.0. The van der Waals surface area contributed by atoms with Crippen LogP contribution in [0.1, 0.15) is 50.2 Å². The normalized spacial score (nSPS) is 22.9. The highest BCUT2D eigenvalue weighted by molar-refractivity contribution is 6.31. The number of aliphatic imine (C=N–C) groups is 1. The number of benzene rings is 2. The fourth-order valence-electron chi connectivity index (χ4n) is 7.67. The topological polar surface area (TPSA) is 137 Å². The molecule has 6 N–H and O–H groups in total. The molecule has 50 heavy (non-hydrogen) atoms. The van der Waals surface area contributed by atoms with E-state index in [9.17, 15) is 4.79 Å². The first-order valence-corrected chi connectivity index (χ1v) is 18.2. The van der Waals surface area contributed by atoms with Crippen molar-refractivity contribution in [2.45, 2.75) is 76.5 Å². The molecule has 2 atom stereocenters. The minimum atomic E-state index is -0.307. The maximum absolute atomic E-state index is 12.6. The summed E-state index contributed by atoms with van der Waals surface area (Å²) >= 11 is 6.39. The van der Waals surface area contributed by atoms with Crippen molar-refractivity contribution in [3.05, 3.63) is 71.0 Å². The lowest BCUT2D eigenvalue weighted by molar-refractivity contribution is -0.111. The predicted octanol–water partition coefficient (Wildman–Crippen LogP) is 4.46. The third kappa shape index (κ3) is 8.21. The summed E-state index contributed by atoms with van der Waals surface area (Å²) in [5.41, 5.74) is 13.4. The second-order valence-corrected chi connectivity index (χ2v) is 14.2. The van der Waals surface area contributed by atoms with Crippen LogP contribution in [0, 0.1) is 6.92 Å². The van der Waals surface area contributed by atoms with Crippen molar-refractivity contribution in [2.24, 2.45) is 16.6 Å². The van der Waals surface area contributed by atoms with Crippen molar-refractivity contribution in [1.29, 1.82) is 0 Å². The van der Waals surface area contributed by atoms with Gasteiger partial charge in [0.25, 0.3) is 0 Å². The van der Waals surface area contributed by atoms with E-state index in [-0.39, 0.29) is 17.8 Å². The summed E-state index contributed by atoms with van der Waals surface area (Å²) in [5, 5.41) is 5.47. The average Bonchev–Trinajstić information content (AvgIpc) is 3.86. The molecule has 3 aliphatic heterocycles. The van der Waals surface area contributed by atoms with Gasteiger partial charge < -0.3 is 26.1 Å². The number of anilines is 2. The molecule has 1 aliphatic carbocycles. The number of rotatable bonds is 12. The van der Waals surface area contributed by atoms with Gasteiger partial charge in [-0.15, -0.1) is 0 Å². The molecule has 3 saturated heterocycles. The zero-order chi connectivity index (χ0) is 35.4. The largest absolute Gasteiger partial charge is 0.494 e. The number of ether oxygens (including phenoxy) is 1. The number of hydrogen-bond donors (Lipinski definition) is 4. The van der Waals surface area contributed by atoms with E-state index in [1.807, 2.05) is 25.1 Å². The Bertz CT molecular complexity index is 1600. The van der Waals surface area contributed by atoms with Gasteiger partial charge in [0, 0.05) is 68.0 Å². The number of hydrogen-bond acceptors (Lipinski definition) is 10. The van der Waals surface area contributed by atoms with Crippen molar-refractivity contribution < 1.29 is 14.4 Å². The molecule has 270 valence electrons. The van der Waals surface area contributed by atoms with E-state index in [0.29, 0.717) is 41.6 Å². The molecule has 6 rings (SSSR count). The number of carbonyl (C=O) groups excluding carboxylic acids is 1. The summed E-state index contributed by atoms with van der Waals surface area (Å²) in [6.45, 7) is 13.8. The van der Waals surface area contributed by atoms with Crippen LogP contribution < -0.4 is 32.0 Å². The maximum atomic E-state index is 12.6. The SMILES string of the molecule is C=CC(=O)Nc1cc(N=C(N)/C=C(\NN)N2OCC[C@@H]2Cc2cccc(Cl)c2C)c(OC)cc1N1CCC(N2CCN(C3CC3)[C@@H](C)C2)CC1. The molecule has 2 aromatic carbocycles. The quantitative estimate of drug-likeness (QED) is 0.0824. The molecule has 3 heterocycles. The van der Waals surface area contributed by atoms with E-state index in [0.717, 1.165) is 79.7 Å². The summed E-state index contributed by atoms with van der Waals surface area (Å²) in [4.78, 5) is 31.0. The van der Waals surface area contributed by atoms with Crippen molar-refractivity contribution in [2.75, 3.05) is 56.7 Å². The molecule has 4 fully saturated rings. The van der Waals surface area contributed by atoms with Crippen LogP contribution in [0.2, 0.25) is 5.02 Å². The van der Waals surface area contributed by atoms with Crippen LogP contribution in [0.5, 0.6) is 5.75 Å². The molecule has 13 heteroatoms. The van der Waals surface area contributed by atoms with Gasteiger partial charge in [-0.1, -0.05) is 30.3 Å². The Hall–Kier alpha value is -3.81. The van der Waals surface area contributed by atoms with E-state index in [4.69, 9.17) is 37.7 Å². The molecule has 12 nitrogen and oxygen atoms in total. The highest BCUT2D eigenvalue weighted by Gasteiger charge is 2.37. The average molecular weight is 706 g/mol. The zero-order valence-electron chi connectivity index (χ0n) is 29.5. The fourth-order valence-corrected chi connectivity index (χ4v) is 7.87. The van der Waals surface area contributed by atoms with Gasteiger partial charge in [0.15, 0.2) is 0 Å². The lowest BCUT2D eigenvalue weighted by atomic mass is 9.99. The van der Waals surface area contributed by atoms with Gasteiger partial charge in [0.05, 0.1) is 31.1 Å². The summed E-state index contributed by atoms with van der Waals surface area (Å²) in [5.74, 6) is 6.85. The van der Waals surface area contributed by atoms with Gasteiger partial charge in [-0.3, -0.25) is 19.4 Å². The van der Waals surface area contributed by atoms with Gasteiger partial charge in [-0.05, 0) is 81.7 Å². The monoisotopic (exact) mass is 705 g/mol. The van der Waals surface area contributed by atoms with E-state index in [1.165, 1.54) is 25.5 Å². The molecular weight excluding hydrogens is 654 g/mol. The first kappa shape index (κ1) is 36.0. The van der Waals surface area contributed by atoms with Gasteiger partial charge in [0.2, 0.25) is 5.91 Å². The number of hydrazine groups is 1. The minimum Gasteiger partial charge on any atom is -0.494 e. The number of piperazine rings is 1. The van der Waals surface area contributed by atoms with Crippen LogP contribution in [-0.2, 0) is 16.1 Å². The maximum Gasteiger partial charge on any atom is 0.247 e. The first-order valence-electron chi connectivity index (χ1n) is 17.8. The third-order valence-corrected chi connectivity index (χ3v) is 11.0. The van der Waals surface area contributed by atoms with E-state index < -0.39 is 0 Å². The van der Waals surface area contributed by atoms with Crippen molar-refractivity contribution in [3.63, 3.8) is 0 Å². The van der Waals surface area contributed by atoms with Crippen molar-refractivity contribution in [3.8, 4) is 5.75 Å². The van der Waals surface area contributed by atoms with Crippen molar-refractivity contribution in [1.82, 2.24) is 20.3 Å². The van der Waals surface area contributed by atoms with Crippen LogP contribution >= 0.6 is 11.6 Å². The molecule has 0 radical (unpaired) electrons. The van der Waals surface area contributed by atoms with E-state index in [2.05, 4.69) is 45.0 Å². The summed E-state index contributed by atoms with van der Waals surface area (Å²) < 4.78 is 5.82.